The third-order valence-electron chi connectivity index (χ3n) is 6.28. The van der Waals surface area contributed by atoms with Crippen LogP contribution in [0.5, 0.6) is 5.75 Å². The number of unbranched alkanes of at least 4 members (excludes halogenated alkanes) is 1. The van der Waals surface area contributed by atoms with Crippen LogP contribution in [0.25, 0.3) is 10.8 Å². The summed E-state index contributed by atoms with van der Waals surface area (Å²) in [5.41, 5.74) is 3.49. The molecule has 39 heavy (non-hydrogen) atoms. The zero-order valence-electron chi connectivity index (χ0n) is 21.3. The number of benzene rings is 4. The summed E-state index contributed by atoms with van der Waals surface area (Å²) < 4.78 is 84.4. The molecule has 0 fully saturated rings. The number of rotatable bonds is 8. The lowest BCUT2D eigenvalue weighted by Gasteiger charge is -2.10. The topological polar surface area (TPSA) is 9.23 Å². The Balaban J connectivity index is 1.46. The SMILES string of the molecule is CCCCc1ccc(CCc2ccc3c(F)c(C#Cc4cc(F)c(OCC(F)(F)F)c(F)c4)ccc3c2)cc1. The van der Waals surface area contributed by atoms with E-state index in [1.165, 1.54) is 30.0 Å². The molecule has 0 unspecified atom stereocenters. The van der Waals surface area contributed by atoms with Crippen molar-refractivity contribution in [1.82, 2.24) is 0 Å². The summed E-state index contributed by atoms with van der Waals surface area (Å²) in [6.07, 6.45) is 0.338. The van der Waals surface area contributed by atoms with Crippen molar-refractivity contribution in [2.45, 2.75) is 45.2 Å². The van der Waals surface area contributed by atoms with E-state index in [0.717, 1.165) is 37.0 Å². The Labute approximate surface area is 223 Å². The monoisotopic (exact) mass is 540 g/mol. The maximum atomic E-state index is 15.1. The highest BCUT2D eigenvalue weighted by molar-refractivity contribution is 5.85. The summed E-state index contributed by atoms with van der Waals surface area (Å²) in [6.45, 7) is 0.344. The minimum atomic E-state index is -4.74. The van der Waals surface area contributed by atoms with E-state index in [1.54, 1.807) is 12.1 Å². The van der Waals surface area contributed by atoms with E-state index >= 15 is 4.39 Å². The fraction of sp³-hybridized carbons (Fsp3) is 0.250. The van der Waals surface area contributed by atoms with E-state index in [9.17, 15) is 22.0 Å². The van der Waals surface area contributed by atoms with E-state index in [-0.39, 0.29) is 11.1 Å². The van der Waals surface area contributed by atoms with Crippen molar-refractivity contribution in [3.63, 3.8) is 0 Å². The van der Waals surface area contributed by atoms with Gasteiger partial charge in [0.1, 0.15) is 5.82 Å². The van der Waals surface area contributed by atoms with E-state index in [0.29, 0.717) is 10.8 Å². The smallest absolute Gasteiger partial charge is 0.422 e. The number of alkyl halides is 3. The van der Waals surface area contributed by atoms with Crippen molar-refractivity contribution in [3.8, 4) is 17.6 Å². The molecule has 0 N–H and O–H groups in total. The molecule has 4 aromatic rings. The lowest BCUT2D eigenvalue weighted by Crippen LogP contribution is -2.20. The van der Waals surface area contributed by atoms with Crippen molar-refractivity contribution < 1.29 is 31.1 Å². The van der Waals surface area contributed by atoms with Gasteiger partial charge in [-0.25, -0.2) is 13.2 Å². The van der Waals surface area contributed by atoms with Crippen LogP contribution >= 0.6 is 0 Å². The van der Waals surface area contributed by atoms with Crippen molar-refractivity contribution >= 4 is 10.8 Å². The Morgan fingerprint density at radius 2 is 1.33 bits per heavy atom. The summed E-state index contributed by atoms with van der Waals surface area (Å²) in [5.74, 6) is 0.640. The first-order chi connectivity index (χ1) is 18.6. The van der Waals surface area contributed by atoms with Gasteiger partial charge in [-0.3, -0.25) is 0 Å². The van der Waals surface area contributed by atoms with E-state index in [2.05, 4.69) is 47.8 Å². The second kappa shape index (κ2) is 12.3. The first kappa shape index (κ1) is 28.1. The summed E-state index contributed by atoms with van der Waals surface area (Å²) in [5, 5.41) is 1.06. The number of aryl methyl sites for hydroxylation is 3. The Kier molecular flexibility index (Phi) is 8.86. The van der Waals surface area contributed by atoms with Gasteiger partial charge in [-0.2, -0.15) is 13.2 Å². The molecule has 0 aliphatic heterocycles. The predicted molar refractivity (Wildman–Crippen MR) is 140 cm³/mol. The van der Waals surface area contributed by atoms with Gasteiger partial charge >= 0.3 is 6.18 Å². The second-order valence-corrected chi connectivity index (χ2v) is 9.33. The molecule has 0 heterocycles. The molecule has 0 aromatic heterocycles. The van der Waals surface area contributed by atoms with Crippen LogP contribution in [-0.2, 0) is 19.3 Å². The first-order valence-electron chi connectivity index (χ1n) is 12.6. The molecule has 0 amide bonds. The lowest BCUT2D eigenvalue weighted by molar-refractivity contribution is -0.154. The first-order valence-corrected chi connectivity index (χ1v) is 12.6. The zero-order valence-corrected chi connectivity index (χ0v) is 21.3. The molecule has 7 heteroatoms. The summed E-state index contributed by atoms with van der Waals surface area (Å²) in [7, 11) is 0. The largest absolute Gasteiger partial charge is 0.478 e. The summed E-state index contributed by atoms with van der Waals surface area (Å²) in [6, 6.07) is 18.8. The van der Waals surface area contributed by atoms with Crippen LogP contribution in [0.4, 0.5) is 26.3 Å². The maximum absolute atomic E-state index is 15.1. The van der Waals surface area contributed by atoms with Gasteiger partial charge in [0.2, 0.25) is 0 Å². The summed E-state index contributed by atoms with van der Waals surface area (Å²) in [4.78, 5) is 0. The fourth-order valence-corrected chi connectivity index (χ4v) is 4.20. The minimum Gasteiger partial charge on any atom is -0.478 e. The van der Waals surface area contributed by atoms with Crippen LogP contribution in [0.1, 0.15) is 47.6 Å². The highest BCUT2D eigenvalue weighted by atomic mass is 19.4. The highest BCUT2D eigenvalue weighted by Gasteiger charge is 2.29. The maximum Gasteiger partial charge on any atom is 0.422 e. The van der Waals surface area contributed by atoms with Crippen LogP contribution in [0.2, 0.25) is 0 Å². The van der Waals surface area contributed by atoms with Crippen molar-refractivity contribution in [1.29, 1.82) is 0 Å². The van der Waals surface area contributed by atoms with Crippen molar-refractivity contribution in [2.75, 3.05) is 6.61 Å². The lowest BCUT2D eigenvalue weighted by atomic mass is 9.98. The standard InChI is InChI=1S/C32H26F6O/c1-2-3-4-21-5-7-22(8-6-21)9-10-23-12-16-27-26(17-23)15-14-25(30(27)35)13-11-24-18-28(33)31(29(34)19-24)39-20-32(36,37)38/h5-8,12,14-19H,2-4,9-10,20H2,1H3. The van der Waals surface area contributed by atoms with Gasteiger partial charge in [0, 0.05) is 10.9 Å². The Morgan fingerprint density at radius 1 is 0.718 bits per heavy atom. The number of hydrogen-bond donors (Lipinski definition) is 0. The van der Waals surface area contributed by atoms with Gasteiger partial charge in [-0.15, -0.1) is 0 Å². The number of hydrogen-bond acceptors (Lipinski definition) is 1. The van der Waals surface area contributed by atoms with E-state index in [4.69, 9.17) is 0 Å². The van der Waals surface area contributed by atoms with Gasteiger partial charge in [0.15, 0.2) is 24.0 Å². The molecule has 0 aliphatic carbocycles. The van der Waals surface area contributed by atoms with E-state index < -0.39 is 36.0 Å². The average Bonchev–Trinajstić information content (AvgIpc) is 2.90. The molecule has 1 nitrogen and oxygen atoms in total. The predicted octanol–water partition coefficient (Wildman–Crippen LogP) is 8.73. The van der Waals surface area contributed by atoms with Gasteiger partial charge in [-0.05, 0) is 66.0 Å². The molecular formula is C32H26F6O. The number of ether oxygens (including phenoxy) is 1. The van der Waals surface area contributed by atoms with Crippen LogP contribution in [0, 0.1) is 29.3 Å². The molecule has 0 aliphatic rings. The molecule has 0 bridgehead atoms. The average molecular weight is 541 g/mol. The number of halogens is 6. The second-order valence-electron chi connectivity index (χ2n) is 9.33. The third-order valence-corrected chi connectivity index (χ3v) is 6.28. The van der Waals surface area contributed by atoms with Crippen LogP contribution < -0.4 is 4.74 Å². The van der Waals surface area contributed by atoms with Gasteiger partial charge in [0.05, 0.1) is 5.56 Å². The molecule has 4 aromatic carbocycles. The molecule has 4 rings (SSSR count). The van der Waals surface area contributed by atoms with Crippen molar-refractivity contribution in [2.24, 2.45) is 0 Å². The van der Waals surface area contributed by atoms with Gasteiger partial charge in [0.25, 0.3) is 0 Å². The third kappa shape index (κ3) is 7.57. The molecule has 0 saturated carbocycles. The van der Waals surface area contributed by atoms with Crippen LogP contribution in [0.15, 0.2) is 66.7 Å². The van der Waals surface area contributed by atoms with Crippen LogP contribution in [0.3, 0.4) is 0 Å². The normalized spacial score (nSPS) is 11.4. The quantitative estimate of drug-likeness (QED) is 0.160. The van der Waals surface area contributed by atoms with E-state index in [1.807, 2.05) is 12.1 Å². The fourth-order valence-electron chi connectivity index (χ4n) is 4.20. The Morgan fingerprint density at radius 3 is 1.97 bits per heavy atom. The molecular weight excluding hydrogens is 514 g/mol. The van der Waals surface area contributed by atoms with Crippen LogP contribution in [-0.4, -0.2) is 12.8 Å². The molecule has 0 spiro atoms. The molecule has 0 saturated heterocycles. The van der Waals surface area contributed by atoms with Gasteiger partial charge in [-0.1, -0.05) is 73.7 Å². The molecule has 0 radical (unpaired) electrons. The molecule has 202 valence electrons. The number of fused-ring (bicyclic) bond motifs is 1. The summed E-state index contributed by atoms with van der Waals surface area (Å²) >= 11 is 0. The zero-order chi connectivity index (χ0) is 28.0. The minimum absolute atomic E-state index is 0.0247. The Bertz CT molecular complexity index is 1490. The van der Waals surface area contributed by atoms with Crippen molar-refractivity contribution in [3.05, 3.63) is 112 Å². The Hall–Kier alpha value is -3.92. The highest BCUT2D eigenvalue weighted by Crippen LogP contribution is 2.26. The van der Waals surface area contributed by atoms with Gasteiger partial charge < -0.3 is 4.74 Å². The molecule has 0 atom stereocenters.